The van der Waals surface area contributed by atoms with Gasteiger partial charge in [-0.15, -0.1) is 0 Å². The Hall–Kier alpha value is -1.64. The van der Waals surface area contributed by atoms with Gasteiger partial charge in [-0.2, -0.15) is 0 Å². The van der Waals surface area contributed by atoms with Gasteiger partial charge in [-0.3, -0.25) is 0 Å². The maximum absolute atomic E-state index is 6.08. The van der Waals surface area contributed by atoms with E-state index >= 15 is 0 Å². The first-order valence-electron chi connectivity index (χ1n) is 7.64. The van der Waals surface area contributed by atoms with Gasteiger partial charge in [-0.25, -0.2) is 0 Å². The molecule has 0 saturated heterocycles. The minimum absolute atomic E-state index is 0.00979. The summed E-state index contributed by atoms with van der Waals surface area (Å²) >= 11 is 0. The summed E-state index contributed by atoms with van der Waals surface area (Å²) in [6.45, 7) is 4.82. The lowest BCUT2D eigenvalue weighted by Gasteiger charge is -2.22. The molecule has 0 heterocycles. The molecule has 2 atom stereocenters. The van der Waals surface area contributed by atoms with E-state index in [9.17, 15) is 0 Å². The van der Waals surface area contributed by atoms with Crippen LogP contribution in [0.15, 0.2) is 54.6 Å². The molecule has 2 N–H and O–H groups in total. The summed E-state index contributed by atoms with van der Waals surface area (Å²) in [5.41, 5.74) is 9.85. The lowest BCUT2D eigenvalue weighted by atomic mass is 10.0. The summed E-state index contributed by atoms with van der Waals surface area (Å²) in [6.07, 6.45) is 2.03. The molecule has 0 aliphatic rings. The minimum atomic E-state index is -0.0265. The van der Waals surface area contributed by atoms with E-state index in [2.05, 4.69) is 55.5 Å². The second-order valence-electron chi connectivity index (χ2n) is 5.65. The maximum atomic E-state index is 6.08. The van der Waals surface area contributed by atoms with Crippen LogP contribution in [-0.2, 0) is 11.2 Å². The molecule has 0 spiro atoms. The highest BCUT2D eigenvalue weighted by Gasteiger charge is 2.16. The predicted molar refractivity (Wildman–Crippen MR) is 88.3 cm³/mol. The molecule has 0 aliphatic carbocycles. The monoisotopic (exact) mass is 283 g/mol. The molecular weight excluding hydrogens is 258 g/mol. The van der Waals surface area contributed by atoms with Gasteiger partial charge in [0.05, 0.1) is 6.10 Å². The number of nitrogens with two attached hydrogens (primary N) is 1. The SMILES string of the molecule is Cc1ccc(C(OCCCc2ccccc2)C(C)N)cc1. The van der Waals surface area contributed by atoms with Gasteiger partial charge in [0.2, 0.25) is 0 Å². The number of aryl methyl sites for hydroxylation is 2. The van der Waals surface area contributed by atoms with Gasteiger partial charge in [0.1, 0.15) is 0 Å². The largest absolute Gasteiger partial charge is 0.372 e. The standard InChI is InChI=1S/C19H25NO/c1-15-10-12-18(13-11-15)19(16(2)20)21-14-6-9-17-7-4-3-5-8-17/h3-5,7-8,10-13,16,19H,6,9,14,20H2,1-2H3. The second-order valence-corrected chi connectivity index (χ2v) is 5.65. The van der Waals surface area contributed by atoms with Crippen molar-refractivity contribution >= 4 is 0 Å². The van der Waals surface area contributed by atoms with Crippen LogP contribution in [0, 0.1) is 6.92 Å². The molecule has 0 radical (unpaired) electrons. The Bertz CT molecular complexity index is 519. The summed E-state index contributed by atoms with van der Waals surface area (Å²) in [7, 11) is 0. The van der Waals surface area contributed by atoms with Gasteiger partial charge in [0.25, 0.3) is 0 Å². The van der Waals surface area contributed by atoms with Crippen molar-refractivity contribution in [2.45, 2.75) is 38.8 Å². The zero-order chi connectivity index (χ0) is 15.1. The van der Waals surface area contributed by atoms with Crippen LogP contribution in [0.2, 0.25) is 0 Å². The van der Waals surface area contributed by atoms with Gasteiger partial charge in [-0.05, 0) is 37.8 Å². The summed E-state index contributed by atoms with van der Waals surface area (Å²) in [5, 5.41) is 0. The smallest absolute Gasteiger partial charge is 0.0972 e. The topological polar surface area (TPSA) is 35.2 Å². The minimum Gasteiger partial charge on any atom is -0.372 e. The third-order valence-electron chi connectivity index (χ3n) is 3.63. The van der Waals surface area contributed by atoms with Crippen LogP contribution in [0.4, 0.5) is 0 Å². The molecule has 0 amide bonds. The van der Waals surface area contributed by atoms with Crippen LogP contribution in [-0.4, -0.2) is 12.6 Å². The van der Waals surface area contributed by atoms with E-state index in [-0.39, 0.29) is 12.1 Å². The van der Waals surface area contributed by atoms with E-state index < -0.39 is 0 Å². The summed E-state index contributed by atoms with van der Waals surface area (Å²) < 4.78 is 6.03. The highest BCUT2D eigenvalue weighted by Crippen LogP contribution is 2.21. The number of ether oxygens (including phenoxy) is 1. The maximum Gasteiger partial charge on any atom is 0.0972 e. The van der Waals surface area contributed by atoms with Crippen LogP contribution < -0.4 is 5.73 Å². The molecule has 112 valence electrons. The zero-order valence-corrected chi connectivity index (χ0v) is 13.0. The third-order valence-corrected chi connectivity index (χ3v) is 3.63. The quantitative estimate of drug-likeness (QED) is 0.779. The Labute approximate surface area is 127 Å². The van der Waals surface area contributed by atoms with E-state index in [1.165, 1.54) is 11.1 Å². The molecule has 0 saturated carbocycles. The summed E-state index contributed by atoms with van der Waals surface area (Å²) in [6, 6.07) is 18.9. The fourth-order valence-electron chi connectivity index (χ4n) is 2.44. The first kappa shape index (κ1) is 15.7. The molecular formula is C19H25NO. The van der Waals surface area contributed by atoms with Crippen LogP contribution in [0.1, 0.15) is 36.1 Å². The lowest BCUT2D eigenvalue weighted by Crippen LogP contribution is -2.27. The summed E-state index contributed by atoms with van der Waals surface area (Å²) in [5.74, 6) is 0. The number of hydrogen-bond donors (Lipinski definition) is 1. The van der Waals surface area contributed by atoms with Crippen molar-refractivity contribution in [3.8, 4) is 0 Å². The Kier molecular flexibility index (Phi) is 5.97. The Morgan fingerprint density at radius 3 is 2.29 bits per heavy atom. The van der Waals surface area contributed by atoms with Gasteiger partial charge in [0.15, 0.2) is 0 Å². The molecule has 2 rings (SSSR count). The van der Waals surface area contributed by atoms with Gasteiger partial charge in [-0.1, -0.05) is 60.2 Å². The molecule has 21 heavy (non-hydrogen) atoms. The van der Waals surface area contributed by atoms with Crippen LogP contribution in [0.5, 0.6) is 0 Å². The first-order chi connectivity index (χ1) is 10.2. The van der Waals surface area contributed by atoms with Crippen molar-refractivity contribution in [1.29, 1.82) is 0 Å². The Morgan fingerprint density at radius 1 is 1.00 bits per heavy atom. The summed E-state index contributed by atoms with van der Waals surface area (Å²) in [4.78, 5) is 0. The van der Waals surface area contributed by atoms with Crippen LogP contribution in [0.25, 0.3) is 0 Å². The fraction of sp³-hybridized carbons (Fsp3) is 0.368. The van der Waals surface area contributed by atoms with E-state index in [1.807, 2.05) is 13.0 Å². The van der Waals surface area contributed by atoms with Crippen molar-refractivity contribution < 1.29 is 4.74 Å². The normalized spacial score (nSPS) is 13.9. The van der Waals surface area contributed by atoms with Crippen LogP contribution in [0.3, 0.4) is 0 Å². The van der Waals surface area contributed by atoms with Gasteiger partial charge < -0.3 is 10.5 Å². The number of hydrogen-bond acceptors (Lipinski definition) is 2. The highest BCUT2D eigenvalue weighted by molar-refractivity contribution is 5.24. The molecule has 2 aromatic rings. The average molecular weight is 283 g/mol. The van der Waals surface area contributed by atoms with Crippen molar-refractivity contribution in [2.24, 2.45) is 5.73 Å². The molecule has 2 nitrogen and oxygen atoms in total. The highest BCUT2D eigenvalue weighted by atomic mass is 16.5. The molecule has 2 heteroatoms. The van der Waals surface area contributed by atoms with Crippen molar-refractivity contribution in [3.05, 3.63) is 71.3 Å². The first-order valence-corrected chi connectivity index (χ1v) is 7.64. The molecule has 0 aliphatic heterocycles. The van der Waals surface area contributed by atoms with Crippen molar-refractivity contribution in [1.82, 2.24) is 0 Å². The lowest BCUT2D eigenvalue weighted by molar-refractivity contribution is 0.0370. The average Bonchev–Trinajstić information content (AvgIpc) is 2.49. The van der Waals surface area contributed by atoms with Crippen molar-refractivity contribution in [2.75, 3.05) is 6.61 Å². The van der Waals surface area contributed by atoms with E-state index in [1.54, 1.807) is 0 Å². The predicted octanol–water partition coefficient (Wildman–Crippen LogP) is 4.03. The molecule has 0 bridgehead atoms. The van der Waals surface area contributed by atoms with Gasteiger partial charge in [0, 0.05) is 12.6 Å². The van der Waals surface area contributed by atoms with E-state index in [4.69, 9.17) is 10.5 Å². The molecule has 0 aromatic heterocycles. The van der Waals surface area contributed by atoms with Crippen molar-refractivity contribution in [3.63, 3.8) is 0 Å². The van der Waals surface area contributed by atoms with Crippen LogP contribution >= 0.6 is 0 Å². The fourth-order valence-corrected chi connectivity index (χ4v) is 2.44. The second kappa shape index (κ2) is 7.96. The Morgan fingerprint density at radius 2 is 1.67 bits per heavy atom. The third kappa shape index (κ3) is 5.00. The number of rotatable bonds is 7. The Balaban J connectivity index is 1.85. The molecule has 2 unspecified atom stereocenters. The number of benzene rings is 2. The van der Waals surface area contributed by atoms with E-state index in [0.717, 1.165) is 25.0 Å². The molecule has 0 fully saturated rings. The zero-order valence-electron chi connectivity index (χ0n) is 13.0. The van der Waals surface area contributed by atoms with Gasteiger partial charge >= 0.3 is 0 Å². The molecule has 2 aromatic carbocycles. The van der Waals surface area contributed by atoms with E-state index in [0.29, 0.717) is 0 Å².